The molecule has 2 heterocycles. The van der Waals surface area contributed by atoms with Gasteiger partial charge in [-0.3, -0.25) is 4.79 Å². The van der Waals surface area contributed by atoms with E-state index in [9.17, 15) is 4.79 Å². The number of rotatable bonds is 2. The molecule has 1 atom stereocenters. The van der Waals surface area contributed by atoms with Gasteiger partial charge in [0, 0.05) is 6.54 Å². The number of nitrogens with zero attached hydrogens (tertiary/aromatic N) is 2. The number of nitriles is 1. The highest BCUT2D eigenvalue weighted by Gasteiger charge is 2.21. The van der Waals surface area contributed by atoms with E-state index in [1.165, 1.54) is 11.3 Å². The minimum atomic E-state index is -0.361. The fourth-order valence-electron chi connectivity index (χ4n) is 1.50. The maximum atomic E-state index is 10.5. The molecule has 1 unspecified atom stereocenters. The predicted octanol–water partition coefficient (Wildman–Crippen LogP) is 1.29. The van der Waals surface area contributed by atoms with E-state index in [2.05, 4.69) is 11.0 Å². The molecule has 0 bridgehead atoms. The van der Waals surface area contributed by atoms with Gasteiger partial charge in [0.1, 0.15) is 0 Å². The molecule has 0 aromatic carbocycles. The lowest BCUT2D eigenvalue weighted by molar-refractivity contribution is 0.0767. The number of ether oxygens (including phenoxy) is 1. The third-order valence-corrected chi connectivity index (χ3v) is 3.32. The third kappa shape index (κ3) is 2.17. The molecule has 78 valence electrons. The Morgan fingerprint density at radius 2 is 2.53 bits per heavy atom. The summed E-state index contributed by atoms with van der Waals surface area (Å²) in [6, 6.07) is 5.80. The largest absolute Gasteiger partial charge is 0.360 e. The van der Waals surface area contributed by atoms with E-state index < -0.39 is 0 Å². The summed E-state index contributed by atoms with van der Waals surface area (Å²) in [7, 11) is 0. The van der Waals surface area contributed by atoms with Gasteiger partial charge in [-0.2, -0.15) is 5.26 Å². The van der Waals surface area contributed by atoms with Gasteiger partial charge in [0.05, 0.1) is 29.1 Å². The number of thiophene rings is 1. The normalized spacial score (nSPS) is 21.0. The molecule has 1 aliphatic heterocycles. The molecule has 1 saturated heterocycles. The average molecular weight is 222 g/mol. The molecule has 0 amide bonds. The maximum absolute atomic E-state index is 10.5. The number of aldehydes is 1. The van der Waals surface area contributed by atoms with E-state index in [0.717, 1.165) is 17.8 Å². The molecule has 0 saturated carbocycles. The van der Waals surface area contributed by atoms with Crippen molar-refractivity contribution in [1.29, 1.82) is 5.26 Å². The highest BCUT2D eigenvalue weighted by atomic mass is 32.1. The number of carbonyl (C=O) groups is 1. The number of hydrogen-bond donors (Lipinski definition) is 0. The number of morpholine rings is 1. The number of hydrogen-bond acceptors (Lipinski definition) is 5. The van der Waals surface area contributed by atoms with E-state index in [-0.39, 0.29) is 6.10 Å². The summed E-state index contributed by atoms with van der Waals surface area (Å²) in [4.78, 5) is 13.3. The molecule has 0 N–H and O–H groups in total. The lowest BCUT2D eigenvalue weighted by Gasteiger charge is -2.30. The smallest absolute Gasteiger partial charge is 0.161 e. The van der Waals surface area contributed by atoms with Crippen molar-refractivity contribution < 1.29 is 9.53 Å². The molecule has 0 radical (unpaired) electrons. The topological polar surface area (TPSA) is 53.3 Å². The van der Waals surface area contributed by atoms with Gasteiger partial charge in [-0.15, -0.1) is 11.3 Å². The molecule has 0 aliphatic carbocycles. The van der Waals surface area contributed by atoms with Crippen molar-refractivity contribution in [3.05, 3.63) is 17.0 Å². The van der Waals surface area contributed by atoms with Crippen LogP contribution in [0.25, 0.3) is 0 Å². The monoisotopic (exact) mass is 222 g/mol. The quantitative estimate of drug-likeness (QED) is 0.707. The fourth-order valence-corrected chi connectivity index (χ4v) is 2.36. The third-order valence-electron chi connectivity index (χ3n) is 2.25. The first kappa shape index (κ1) is 10.1. The fraction of sp³-hybridized carbons (Fsp3) is 0.400. The second kappa shape index (κ2) is 4.43. The van der Waals surface area contributed by atoms with E-state index in [4.69, 9.17) is 10.00 Å². The average Bonchev–Trinajstić information content (AvgIpc) is 2.78. The van der Waals surface area contributed by atoms with Crippen molar-refractivity contribution in [2.75, 3.05) is 24.6 Å². The minimum Gasteiger partial charge on any atom is -0.360 e. The van der Waals surface area contributed by atoms with Gasteiger partial charge in [0.2, 0.25) is 0 Å². The van der Waals surface area contributed by atoms with E-state index in [1.54, 1.807) is 6.07 Å². The maximum Gasteiger partial charge on any atom is 0.161 e. The SMILES string of the molecule is N#CC1CN(c2ccc(C=O)s2)CCO1. The van der Waals surface area contributed by atoms with Crippen LogP contribution >= 0.6 is 11.3 Å². The predicted molar refractivity (Wildman–Crippen MR) is 57.3 cm³/mol. The van der Waals surface area contributed by atoms with Crippen LogP contribution in [-0.2, 0) is 4.74 Å². The van der Waals surface area contributed by atoms with Crippen LogP contribution in [-0.4, -0.2) is 32.1 Å². The Kier molecular flexibility index (Phi) is 2.99. The zero-order valence-electron chi connectivity index (χ0n) is 8.05. The molecular weight excluding hydrogens is 212 g/mol. The molecule has 1 aromatic rings. The second-order valence-corrected chi connectivity index (χ2v) is 4.32. The molecule has 2 rings (SSSR count). The van der Waals surface area contributed by atoms with E-state index in [0.29, 0.717) is 18.0 Å². The zero-order chi connectivity index (χ0) is 10.7. The summed E-state index contributed by atoms with van der Waals surface area (Å²) in [6.45, 7) is 1.92. The van der Waals surface area contributed by atoms with Crippen molar-refractivity contribution in [3.63, 3.8) is 0 Å². The van der Waals surface area contributed by atoms with Crippen LogP contribution in [0.15, 0.2) is 12.1 Å². The van der Waals surface area contributed by atoms with Crippen molar-refractivity contribution in [2.24, 2.45) is 0 Å². The Labute approximate surface area is 91.7 Å². The molecule has 4 nitrogen and oxygen atoms in total. The van der Waals surface area contributed by atoms with Gasteiger partial charge in [0.25, 0.3) is 0 Å². The van der Waals surface area contributed by atoms with Crippen molar-refractivity contribution in [1.82, 2.24) is 0 Å². The van der Waals surface area contributed by atoms with Crippen LogP contribution in [0, 0.1) is 11.3 Å². The van der Waals surface area contributed by atoms with Crippen LogP contribution < -0.4 is 4.90 Å². The molecule has 0 spiro atoms. The number of anilines is 1. The number of carbonyl (C=O) groups excluding carboxylic acids is 1. The lowest BCUT2D eigenvalue weighted by atomic mass is 10.3. The summed E-state index contributed by atoms with van der Waals surface area (Å²) in [5, 5.41) is 9.78. The zero-order valence-corrected chi connectivity index (χ0v) is 8.87. The summed E-state index contributed by atoms with van der Waals surface area (Å²) in [6.07, 6.45) is 0.483. The summed E-state index contributed by atoms with van der Waals surface area (Å²) in [5.41, 5.74) is 0. The van der Waals surface area contributed by atoms with E-state index in [1.807, 2.05) is 6.07 Å². The molecular formula is C10H10N2O2S. The lowest BCUT2D eigenvalue weighted by Crippen LogP contribution is -2.41. The van der Waals surface area contributed by atoms with Gasteiger partial charge in [0.15, 0.2) is 12.4 Å². The standard InChI is InChI=1S/C10H10N2O2S/c11-5-8-6-12(3-4-14-8)10-2-1-9(7-13)15-10/h1-2,7-8H,3-4,6H2. The molecule has 1 fully saturated rings. The first-order chi connectivity index (χ1) is 7.33. The van der Waals surface area contributed by atoms with Gasteiger partial charge in [-0.1, -0.05) is 0 Å². The van der Waals surface area contributed by atoms with Gasteiger partial charge < -0.3 is 9.64 Å². The summed E-state index contributed by atoms with van der Waals surface area (Å²) < 4.78 is 5.24. The van der Waals surface area contributed by atoms with Crippen molar-refractivity contribution >= 4 is 22.6 Å². The summed E-state index contributed by atoms with van der Waals surface area (Å²) in [5.74, 6) is 0. The first-order valence-electron chi connectivity index (χ1n) is 4.64. The highest BCUT2D eigenvalue weighted by molar-refractivity contribution is 7.17. The van der Waals surface area contributed by atoms with Crippen molar-refractivity contribution in [2.45, 2.75) is 6.10 Å². The Morgan fingerprint density at radius 1 is 1.67 bits per heavy atom. The summed E-state index contributed by atoms with van der Waals surface area (Å²) >= 11 is 1.44. The van der Waals surface area contributed by atoms with Crippen molar-refractivity contribution in [3.8, 4) is 6.07 Å². The molecule has 1 aromatic heterocycles. The Balaban J connectivity index is 2.10. The Bertz CT molecular complexity index is 396. The van der Waals surface area contributed by atoms with Gasteiger partial charge >= 0.3 is 0 Å². The van der Waals surface area contributed by atoms with Crippen LogP contribution in [0.5, 0.6) is 0 Å². The first-order valence-corrected chi connectivity index (χ1v) is 5.46. The second-order valence-electron chi connectivity index (χ2n) is 3.23. The molecule has 5 heteroatoms. The Hall–Kier alpha value is -1.38. The van der Waals surface area contributed by atoms with Crippen LogP contribution in [0.1, 0.15) is 9.67 Å². The molecule has 15 heavy (non-hydrogen) atoms. The van der Waals surface area contributed by atoms with Gasteiger partial charge in [-0.25, -0.2) is 0 Å². The minimum absolute atomic E-state index is 0.361. The molecule has 1 aliphatic rings. The highest BCUT2D eigenvalue weighted by Crippen LogP contribution is 2.26. The van der Waals surface area contributed by atoms with Crippen LogP contribution in [0.4, 0.5) is 5.00 Å². The van der Waals surface area contributed by atoms with Crippen LogP contribution in [0.2, 0.25) is 0 Å². The Morgan fingerprint density at radius 3 is 3.20 bits per heavy atom. The van der Waals surface area contributed by atoms with E-state index >= 15 is 0 Å². The van der Waals surface area contributed by atoms with Crippen LogP contribution in [0.3, 0.4) is 0 Å². The van der Waals surface area contributed by atoms with Gasteiger partial charge in [-0.05, 0) is 12.1 Å².